The van der Waals surface area contributed by atoms with Crippen molar-refractivity contribution in [3.63, 3.8) is 0 Å². The van der Waals surface area contributed by atoms with Crippen LogP contribution in [0.3, 0.4) is 0 Å². The second kappa shape index (κ2) is 7.00. The first kappa shape index (κ1) is 15.9. The van der Waals surface area contributed by atoms with Gasteiger partial charge in [-0.2, -0.15) is 0 Å². The molecule has 116 valence electrons. The van der Waals surface area contributed by atoms with Crippen LogP contribution in [0.15, 0.2) is 24.3 Å². The van der Waals surface area contributed by atoms with Gasteiger partial charge in [0.1, 0.15) is 5.82 Å². The van der Waals surface area contributed by atoms with E-state index in [9.17, 15) is 9.18 Å². The van der Waals surface area contributed by atoms with E-state index in [1.165, 1.54) is 12.1 Å². The summed E-state index contributed by atoms with van der Waals surface area (Å²) in [5.74, 6) is -1.12. The van der Waals surface area contributed by atoms with Gasteiger partial charge < -0.3 is 14.2 Å². The topological polar surface area (TPSA) is 44.8 Å². The highest BCUT2D eigenvalue weighted by molar-refractivity contribution is 5.69. The minimum Gasteiger partial charge on any atom is -0.466 e. The molecule has 0 radical (unpaired) electrons. The first-order chi connectivity index (χ1) is 9.94. The molecule has 5 heteroatoms. The third kappa shape index (κ3) is 5.44. The molecule has 0 aromatic heterocycles. The van der Waals surface area contributed by atoms with Crippen molar-refractivity contribution in [2.45, 2.75) is 45.0 Å². The molecule has 1 saturated heterocycles. The van der Waals surface area contributed by atoms with E-state index in [1.807, 2.05) is 13.8 Å². The van der Waals surface area contributed by atoms with Crippen LogP contribution >= 0.6 is 0 Å². The van der Waals surface area contributed by atoms with Crippen molar-refractivity contribution < 1.29 is 23.4 Å². The lowest BCUT2D eigenvalue weighted by Crippen LogP contribution is -2.22. The van der Waals surface area contributed by atoms with E-state index in [1.54, 1.807) is 12.1 Å². The Morgan fingerprint density at radius 3 is 2.95 bits per heavy atom. The second-order valence-corrected chi connectivity index (χ2v) is 5.59. The SMILES string of the molecule is CC1(C)OC[C@H](CCOC(=O)CCc2cccc(F)c2)O1. The standard InChI is InChI=1S/C16H21FO4/c1-16(2)20-11-14(21-16)8-9-19-15(18)7-6-12-4-3-5-13(17)10-12/h3-5,10,14H,6-9,11H2,1-2H3/t14-/m0/s1. The second-order valence-electron chi connectivity index (χ2n) is 5.59. The molecule has 1 aromatic rings. The van der Waals surface area contributed by atoms with E-state index in [2.05, 4.69) is 0 Å². The minimum atomic E-state index is -0.550. The molecule has 0 N–H and O–H groups in total. The molecule has 21 heavy (non-hydrogen) atoms. The number of ether oxygens (including phenoxy) is 3. The molecule has 0 amide bonds. The Hall–Kier alpha value is -1.46. The van der Waals surface area contributed by atoms with Crippen LogP contribution in [-0.4, -0.2) is 31.1 Å². The molecule has 1 aliphatic rings. The van der Waals surface area contributed by atoms with Gasteiger partial charge in [-0.3, -0.25) is 4.79 Å². The first-order valence-electron chi connectivity index (χ1n) is 7.16. The smallest absolute Gasteiger partial charge is 0.306 e. The van der Waals surface area contributed by atoms with Crippen LogP contribution in [0.4, 0.5) is 4.39 Å². The van der Waals surface area contributed by atoms with E-state index in [-0.39, 0.29) is 24.3 Å². The lowest BCUT2D eigenvalue weighted by molar-refractivity contribution is -0.148. The highest BCUT2D eigenvalue weighted by atomic mass is 19.1. The van der Waals surface area contributed by atoms with Crippen LogP contribution in [0, 0.1) is 5.82 Å². The molecule has 1 aromatic carbocycles. The van der Waals surface area contributed by atoms with Crippen LogP contribution in [0.25, 0.3) is 0 Å². The van der Waals surface area contributed by atoms with E-state index >= 15 is 0 Å². The van der Waals surface area contributed by atoms with Crippen LogP contribution in [0.1, 0.15) is 32.3 Å². The van der Waals surface area contributed by atoms with E-state index in [0.717, 1.165) is 5.56 Å². The van der Waals surface area contributed by atoms with Gasteiger partial charge in [-0.1, -0.05) is 12.1 Å². The quantitative estimate of drug-likeness (QED) is 0.757. The molecule has 0 saturated carbocycles. The van der Waals surface area contributed by atoms with Gasteiger partial charge in [-0.15, -0.1) is 0 Å². The number of rotatable bonds is 6. The summed E-state index contributed by atoms with van der Waals surface area (Å²) >= 11 is 0. The molecule has 4 nitrogen and oxygen atoms in total. The van der Waals surface area contributed by atoms with Gasteiger partial charge in [0.2, 0.25) is 0 Å². The Kier molecular flexibility index (Phi) is 5.31. The van der Waals surface area contributed by atoms with Crippen molar-refractivity contribution in [2.75, 3.05) is 13.2 Å². The average Bonchev–Trinajstić information content (AvgIpc) is 2.76. The molecular formula is C16H21FO4. The maximum absolute atomic E-state index is 13.0. The zero-order chi connectivity index (χ0) is 15.3. The Morgan fingerprint density at radius 2 is 2.29 bits per heavy atom. The van der Waals surface area contributed by atoms with E-state index < -0.39 is 5.79 Å². The Labute approximate surface area is 124 Å². The largest absolute Gasteiger partial charge is 0.466 e. The number of benzene rings is 1. The summed E-state index contributed by atoms with van der Waals surface area (Å²) in [5.41, 5.74) is 0.793. The van der Waals surface area contributed by atoms with Gasteiger partial charge in [0.25, 0.3) is 0 Å². The van der Waals surface area contributed by atoms with Crippen molar-refractivity contribution in [3.8, 4) is 0 Å². The van der Waals surface area contributed by atoms with Crippen LogP contribution < -0.4 is 0 Å². The predicted molar refractivity (Wildman–Crippen MR) is 75.2 cm³/mol. The number of carbonyl (C=O) groups excluding carboxylic acids is 1. The fourth-order valence-electron chi connectivity index (χ4n) is 2.22. The van der Waals surface area contributed by atoms with E-state index in [0.29, 0.717) is 26.1 Å². The number of hydrogen-bond donors (Lipinski definition) is 0. The first-order valence-corrected chi connectivity index (χ1v) is 7.16. The van der Waals surface area contributed by atoms with Crippen molar-refractivity contribution in [1.82, 2.24) is 0 Å². The molecule has 0 bridgehead atoms. The minimum absolute atomic E-state index is 0.0315. The Balaban J connectivity index is 1.62. The monoisotopic (exact) mass is 296 g/mol. The molecule has 1 heterocycles. The molecule has 2 rings (SSSR count). The van der Waals surface area contributed by atoms with Gasteiger partial charge >= 0.3 is 5.97 Å². The fourth-order valence-corrected chi connectivity index (χ4v) is 2.22. The van der Waals surface area contributed by atoms with Gasteiger partial charge in [0.05, 0.1) is 19.3 Å². The highest BCUT2D eigenvalue weighted by Gasteiger charge is 2.32. The van der Waals surface area contributed by atoms with Crippen molar-refractivity contribution in [3.05, 3.63) is 35.6 Å². The van der Waals surface area contributed by atoms with Gasteiger partial charge in [0, 0.05) is 12.8 Å². The lowest BCUT2D eigenvalue weighted by Gasteiger charge is -2.16. The summed E-state index contributed by atoms with van der Waals surface area (Å²) in [4.78, 5) is 11.6. The number of esters is 1. The molecular weight excluding hydrogens is 275 g/mol. The predicted octanol–water partition coefficient (Wildman–Crippen LogP) is 2.84. The maximum atomic E-state index is 13.0. The summed E-state index contributed by atoms with van der Waals surface area (Å²) in [7, 11) is 0. The Morgan fingerprint density at radius 1 is 1.48 bits per heavy atom. The normalized spacial score (nSPS) is 20.4. The summed E-state index contributed by atoms with van der Waals surface area (Å²) < 4.78 is 29.2. The van der Waals surface area contributed by atoms with Crippen molar-refractivity contribution >= 4 is 5.97 Å². The van der Waals surface area contributed by atoms with Gasteiger partial charge in [0.15, 0.2) is 5.79 Å². The lowest BCUT2D eigenvalue weighted by atomic mass is 10.1. The van der Waals surface area contributed by atoms with Crippen LogP contribution in [0.2, 0.25) is 0 Å². The van der Waals surface area contributed by atoms with Crippen molar-refractivity contribution in [2.24, 2.45) is 0 Å². The molecule has 1 fully saturated rings. The molecule has 0 spiro atoms. The average molecular weight is 296 g/mol. The molecule has 0 unspecified atom stereocenters. The highest BCUT2D eigenvalue weighted by Crippen LogP contribution is 2.23. The molecule has 0 aliphatic carbocycles. The van der Waals surface area contributed by atoms with Crippen molar-refractivity contribution in [1.29, 1.82) is 0 Å². The zero-order valence-electron chi connectivity index (χ0n) is 12.4. The van der Waals surface area contributed by atoms with Crippen LogP contribution in [-0.2, 0) is 25.4 Å². The van der Waals surface area contributed by atoms with Crippen LogP contribution in [0.5, 0.6) is 0 Å². The summed E-state index contributed by atoms with van der Waals surface area (Å²) in [6, 6.07) is 6.24. The fraction of sp³-hybridized carbons (Fsp3) is 0.562. The zero-order valence-corrected chi connectivity index (χ0v) is 12.4. The third-order valence-electron chi connectivity index (χ3n) is 3.28. The summed E-state index contributed by atoms with van der Waals surface area (Å²) in [6.07, 6.45) is 1.31. The summed E-state index contributed by atoms with van der Waals surface area (Å²) in [5, 5.41) is 0. The number of aryl methyl sites for hydroxylation is 1. The van der Waals surface area contributed by atoms with Gasteiger partial charge in [-0.25, -0.2) is 4.39 Å². The van der Waals surface area contributed by atoms with E-state index in [4.69, 9.17) is 14.2 Å². The number of carbonyl (C=O) groups is 1. The third-order valence-corrected chi connectivity index (χ3v) is 3.28. The molecule has 1 atom stereocenters. The maximum Gasteiger partial charge on any atom is 0.306 e. The summed E-state index contributed by atoms with van der Waals surface area (Å²) in [6.45, 7) is 4.55. The Bertz CT molecular complexity index is 487. The molecule has 1 aliphatic heterocycles. The number of hydrogen-bond acceptors (Lipinski definition) is 4. The van der Waals surface area contributed by atoms with Gasteiger partial charge in [-0.05, 0) is 38.0 Å². The number of halogens is 1.